The smallest absolute Gasteiger partial charge is 0.0543 e. The number of rotatable bonds is 3. The van der Waals surface area contributed by atoms with Crippen LogP contribution in [0.15, 0.2) is 0 Å². The van der Waals surface area contributed by atoms with Crippen LogP contribution in [0.2, 0.25) is 0 Å². The van der Waals surface area contributed by atoms with E-state index in [1.54, 1.807) is 0 Å². The summed E-state index contributed by atoms with van der Waals surface area (Å²) in [7, 11) is 0. The lowest BCUT2D eigenvalue weighted by atomic mass is 9.48. The Hall–Kier alpha value is -0.0400. The predicted octanol–water partition coefficient (Wildman–Crippen LogP) is 3.36. The average molecular weight is 208 g/mol. The first-order chi connectivity index (χ1) is 7.19. The molecule has 4 aliphatic carbocycles. The molecule has 4 bridgehead atoms. The molecule has 0 heterocycles. The van der Waals surface area contributed by atoms with Gasteiger partial charge in [0.2, 0.25) is 0 Å². The number of aliphatic hydroxyl groups is 1. The van der Waals surface area contributed by atoms with Gasteiger partial charge < -0.3 is 5.11 Å². The number of aliphatic hydroxyl groups excluding tert-OH is 1. The van der Waals surface area contributed by atoms with E-state index in [1.165, 1.54) is 38.5 Å². The van der Waals surface area contributed by atoms with Crippen molar-refractivity contribution in [3.63, 3.8) is 0 Å². The summed E-state index contributed by atoms with van der Waals surface area (Å²) in [6, 6.07) is 0. The summed E-state index contributed by atoms with van der Waals surface area (Å²) in [4.78, 5) is 0. The van der Waals surface area contributed by atoms with Gasteiger partial charge in [-0.2, -0.15) is 0 Å². The Labute approximate surface area is 93.3 Å². The van der Waals surface area contributed by atoms with E-state index in [9.17, 15) is 5.11 Å². The minimum absolute atomic E-state index is 0.0266. The standard InChI is InChI=1S/C14H24O/c1-2-13(15)9-14-6-10-3-11(7-14)5-12(4-10)8-14/h10-13,15H,2-9H2,1H3. The predicted molar refractivity (Wildman–Crippen MR) is 61.5 cm³/mol. The molecule has 4 aliphatic rings. The summed E-state index contributed by atoms with van der Waals surface area (Å²) >= 11 is 0. The fourth-order valence-corrected chi connectivity index (χ4v) is 5.18. The van der Waals surface area contributed by atoms with E-state index in [0.29, 0.717) is 5.41 Å². The highest BCUT2D eigenvalue weighted by atomic mass is 16.3. The van der Waals surface area contributed by atoms with Crippen molar-refractivity contribution in [1.29, 1.82) is 0 Å². The lowest BCUT2D eigenvalue weighted by Crippen LogP contribution is -2.47. The maximum atomic E-state index is 9.92. The lowest BCUT2D eigenvalue weighted by Gasteiger charge is -2.57. The Kier molecular flexibility index (Phi) is 2.35. The van der Waals surface area contributed by atoms with Crippen molar-refractivity contribution in [2.24, 2.45) is 23.2 Å². The molecule has 0 aromatic carbocycles. The molecule has 4 fully saturated rings. The highest BCUT2D eigenvalue weighted by Gasteiger charge is 2.50. The average Bonchev–Trinajstić information content (AvgIpc) is 2.14. The van der Waals surface area contributed by atoms with Gasteiger partial charge in [-0.15, -0.1) is 0 Å². The Morgan fingerprint density at radius 1 is 1.07 bits per heavy atom. The molecule has 0 aliphatic heterocycles. The molecule has 1 unspecified atom stereocenters. The molecule has 15 heavy (non-hydrogen) atoms. The summed E-state index contributed by atoms with van der Waals surface area (Å²) in [5, 5.41) is 9.92. The highest BCUT2D eigenvalue weighted by molar-refractivity contribution is 5.01. The van der Waals surface area contributed by atoms with Crippen molar-refractivity contribution >= 4 is 0 Å². The van der Waals surface area contributed by atoms with E-state index in [1.807, 2.05) is 0 Å². The molecule has 4 rings (SSSR count). The second-order valence-corrected chi connectivity index (χ2v) is 6.68. The molecule has 4 saturated carbocycles. The van der Waals surface area contributed by atoms with Crippen LogP contribution in [-0.2, 0) is 0 Å². The topological polar surface area (TPSA) is 20.2 Å². The third kappa shape index (κ3) is 1.73. The van der Waals surface area contributed by atoms with Crippen LogP contribution < -0.4 is 0 Å². The van der Waals surface area contributed by atoms with Gasteiger partial charge in [0.25, 0.3) is 0 Å². The van der Waals surface area contributed by atoms with Gasteiger partial charge in [-0.25, -0.2) is 0 Å². The minimum Gasteiger partial charge on any atom is -0.393 e. The summed E-state index contributed by atoms with van der Waals surface area (Å²) in [5.74, 6) is 3.08. The van der Waals surface area contributed by atoms with Crippen LogP contribution >= 0.6 is 0 Å². The second kappa shape index (κ2) is 3.48. The first kappa shape index (κ1) is 10.1. The fourth-order valence-electron chi connectivity index (χ4n) is 5.18. The molecule has 1 N–H and O–H groups in total. The summed E-state index contributed by atoms with van der Waals surface area (Å²) in [6.07, 6.45) is 10.9. The molecular formula is C14H24O. The molecule has 0 saturated heterocycles. The molecule has 0 aromatic heterocycles. The highest BCUT2D eigenvalue weighted by Crippen LogP contribution is 2.61. The van der Waals surface area contributed by atoms with Gasteiger partial charge in [-0.05, 0) is 74.5 Å². The molecule has 1 atom stereocenters. The maximum Gasteiger partial charge on any atom is 0.0543 e. The lowest BCUT2D eigenvalue weighted by molar-refractivity contribution is -0.0760. The Morgan fingerprint density at radius 2 is 1.53 bits per heavy atom. The van der Waals surface area contributed by atoms with Crippen molar-refractivity contribution < 1.29 is 5.11 Å². The van der Waals surface area contributed by atoms with E-state index in [0.717, 1.165) is 30.6 Å². The van der Waals surface area contributed by atoms with Crippen LogP contribution in [0.3, 0.4) is 0 Å². The van der Waals surface area contributed by atoms with Gasteiger partial charge in [0.1, 0.15) is 0 Å². The number of hydrogen-bond donors (Lipinski definition) is 1. The second-order valence-electron chi connectivity index (χ2n) is 6.68. The maximum absolute atomic E-state index is 9.92. The molecule has 86 valence electrons. The Morgan fingerprint density at radius 3 is 1.93 bits per heavy atom. The van der Waals surface area contributed by atoms with Gasteiger partial charge >= 0.3 is 0 Å². The van der Waals surface area contributed by atoms with E-state index >= 15 is 0 Å². The van der Waals surface area contributed by atoms with Crippen molar-refractivity contribution in [3.8, 4) is 0 Å². The fraction of sp³-hybridized carbons (Fsp3) is 1.00. The van der Waals surface area contributed by atoms with Gasteiger partial charge in [0, 0.05) is 0 Å². The summed E-state index contributed by atoms with van der Waals surface area (Å²) in [5.41, 5.74) is 0.574. The third-order valence-corrected chi connectivity index (χ3v) is 5.30. The van der Waals surface area contributed by atoms with E-state index in [2.05, 4.69) is 6.92 Å². The Bertz CT molecular complexity index is 210. The van der Waals surface area contributed by atoms with Gasteiger partial charge in [-0.1, -0.05) is 6.92 Å². The molecule has 1 heteroatoms. The van der Waals surface area contributed by atoms with Crippen molar-refractivity contribution in [2.75, 3.05) is 0 Å². The van der Waals surface area contributed by atoms with Crippen LogP contribution in [-0.4, -0.2) is 11.2 Å². The zero-order valence-electron chi connectivity index (χ0n) is 9.91. The molecule has 0 radical (unpaired) electrons. The van der Waals surface area contributed by atoms with Crippen LogP contribution in [0.5, 0.6) is 0 Å². The van der Waals surface area contributed by atoms with Crippen LogP contribution in [0.1, 0.15) is 58.3 Å². The van der Waals surface area contributed by atoms with Crippen LogP contribution in [0.25, 0.3) is 0 Å². The summed E-state index contributed by atoms with van der Waals surface area (Å²) < 4.78 is 0. The zero-order chi connectivity index (χ0) is 10.5. The molecule has 1 nitrogen and oxygen atoms in total. The van der Waals surface area contributed by atoms with E-state index in [4.69, 9.17) is 0 Å². The van der Waals surface area contributed by atoms with Crippen molar-refractivity contribution in [2.45, 2.75) is 64.4 Å². The monoisotopic (exact) mass is 208 g/mol. The number of hydrogen-bond acceptors (Lipinski definition) is 1. The van der Waals surface area contributed by atoms with Crippen molar-refractivity contribution in [3.05, 3.63) is 0 Å². The first-order valence-corrected chi connectivity index (χ1v) is 6.87. The van der Waals surface area contributed by atoms with Gasteiger partial charge in [-0.3, -0.25) is 0 Å². The molecule has 0 spiro atoms. The molecule has 0 aromatic rings. The van der Waals surface area contributed by atoms with E-state index < -0.39 is 0 Å². The Balaban J connectivity index is 1.75. The van der Waals surface area contributed by atoms with Gasteiger partial charge in [0.15, 0.2) is 0 Å². The van der Waals surface area contributed by atoms with Gasteiger partial charge in [0.05, 0.1) is 6.10 Å². The third-order valence-electron chi connectivity index (χ3n) is 5.30. The molecule has 0 amide bonds. The SMILES string of the molecule is CCC(O)CC12CC3CC(CC(C3)C1)C2. The van der Waals surface area contributed by atoms with Crippen molar-refractivity contribution in [1.82, 2.24) is 0 Å². The summed E-state index contributed by atoms with van der Waals surface area (Å²) in [6.45, 7) is 2.12. The minimum atomic E-state index is -0.0266. The molecular weight excluding hydrogens is 184 g/mol. The van der Waals surface area contributed by atoms with Crippen LogP contribution in [0, 0.1) is 23.2 Å². The van der Waals surface area contributed by atoms with E-state index in [-0.39, 0.29) is 6.10 Å². The normalized spacial score (nSPS) is 49.6. The first-order valence-electron chi connectivity index (χ1n) is 6.87. The largest absolute Gasteiger partial charge is 0.393 e. The van der Waals surface area contributed by atoms with Crippen LogP contribution in [0.4, 0.5) is 0 Å². The quantitative estimate of drug-likeness (QED) is 0.754. The zero-order valence-corrected chi connectivity index (χ0v) is 9.91.